The Balaban J connectivity index is 1.66. The van der Waals surface area contributed by atoms with Crippen molar-refractivity contribution in [3.63, 3.8) is 0 Å². The van der Waals surface area contributed by atoms with Crippen molar-refractivity contribution < 1.29 is 14.7 Å². The van der Waals surface area contributed by atoms with E-state index in [1.807, 2.05) is 24.3 Å². The van der Waals surface area contributed by atoms with E-state index in [1.165, 1.54) is 0 Å². The van der Waals surface area contributed by atoms with Crippen LogP contribution < -0.4 is 5.32 Å². The van der Waals surface area contributed by atoms with E-state index in [9.17, 15) is 14.7 Å². The van der Waals surface area contributed by atoms with Gasteiger partial charge in [-0.25, -0.2) is 0 Å². The molecule has 2 aliphatic rings. The van der Waals surface area contributed by atoms with Gasteiger partial charge in [-0.2, -0.15) is 0 Å². The van der Waals surface area contributed by atoms with Gasteiger partial charge in [-0.1, -0.05) is 31.0 Å². The van der Waals surface area contributed by atoms with E-state index in [4.69, 9.17) is 0 Å². The minimum atomic E-state index is -0.776. The summed E-state index contributed by atoms with van der Waals surface area (Å²) in [4.78, 5) is 25.1. The first-order chi connectivity index (χ1) is 10.1. The lowest BCUT2D eigenvalue weighted by Crippen LogP contribution is -2.42. The van der Waals surface area contributed by atoms with Crippen LogP contribution in [0.2, 0.25) is 0 Å². The van der Waals surface area contributed by atoms with Crippen LogP contribution in [0.4, 0.5) is 0 Å². The summed E-state index contributed by atoms with van der Waals surface area (Å²) in [6, 6.07) is 7.94. The highest BCUT2D eigenvalue weighted by Crippen LogP contribution is 2.40. The topological polar surface area (TPSA) is 66.4 Å². The summed E-state index contributed by atoms with van der Waals surface area (Å²) in [6.07, 6.45) is 3.20. The van der Waals surface area contributed by atoms with E-state index < -0.39 is 11.4 Å². The van der Waals surface area contributed by atoms with Crippen LogP contribution in [0.1, 0.15) is 37.2 Å². The quantitative estimate of drug-likeness (QED) is 0.897. The lowest BCUT2D eigenvalue weighted by atomic mass is 9.86. The molecule has 1 unspecified atom stereocenters. The number of carboxylic acid groups (broad SMARTS) is 1. The molecule has 0 radical (unpaired) electrons. The van der Waals surface area contributed by atoms with E-state index in [-0.39, 0.29) is 18.4 Å². The second-order valence-corrected chi connectivity index (χ2v) is 6.97. The molecule has 1 fully saturated rings. The number of fused-ring (bicyclic) bond motifs is 1. The molecule has 112 valence electrons. The Hall–Kier alpha value is -1.49. The van der Waals surface area contributed by atoms with Crippen LogP contribution in [0.3, 0.4) is 0 Å². The largest absolute Gasteiger partial charge is 0.481 e. The van der Waals surface area contributed by atoms with Crippen LogP contribution in [-0.4, -0.2) is 29.3 Å². The highest BCUT2D eigenvalue weighted by Gasteiger charge is 2.42. The van der Waals surface area contributed by atoms with Gasteiger partial charge < -0.3 is 10.4 Å². The van der Waals surface area contributed by atoms with E-state index >= 15 is 0 Å². The maximum atomic E-state index is 12.4. The Bertz CT molecular complexity index is 566. The number of aliphatic carboxylic acids is 1. The minimum Gasteiger partial charge on any atom is -0.481 e. The third kappa shape index (κ3) is 2.67. The molecule has 0 aromatic heterocycles. The van der Waals surface area contributed by atoms with Crippen molar-refractivity contribution in [3.8, 4) is 0 Å². The smallest absolute Gasteiger partial charge is 0.311 e. The summed E-state index contributed by atoms with van der Waals surface area (Å²) in [6.45, 7) is 0.254. The zero-order valence-electron chi connectivity index (χ0n) is 11.8. The summed E-state index contributed by atoms with van der Waals surface area (Å²) in [5.41, 5.74) is 0.316. The number of hydrogen-bond donors (Lipinski definition) is 2. The molecule has 1 aliphatic carbocycles. The third-order valence-electron chi connectivity index (χ3n) is 4.63. The monoisotopic (exact) mass is 305 g/mol. The molecule has 21 heavy (non-hydrogen) atoms. The van der Waals surface area contributed by atoms with Crippen LogP contribution in [0.25, 0.3) is 0 Å². The summed E-state index contributed by atoms with van der Waals surface area (Å²) < 4.78 is 0. The van der Waals surface area contributed by atoms with Crippen LogP contribution in [0, 0.1) is 5.41 Å². The molecule has 1 amide bonds. The zero-order valence-corrected chi connectivity index (χ0v) is 12.6. The van der Waals surface area contributed by atoms with Gasteiger partial charge in [-0.05, 0) is 24.5 Å². The number of nitrogens with one attached hydrogen (secondary N) is 1. The number of rotatable bonds is 4. The van der Waals surface area contributed by atoms with Gasteiger partial charge in [0, 0.05) is 17.2 Å². The highest BCUT2D eigenvalue weighted by atomic mass is 32.2. The molecule has 5 heteroatoms. The molecule has 1 aliphatic heterocycles. The van der Waals surface area contributed by atoms with Crippen molar-refractivity contribution in [3.05, 3.63) is 29.8 Å². The first-order valence-electron chi connectivity index (χ1n) is 7.35. The number of carbonyl (C=O) groups is 2. The lowest BCUT2D eigenvalue weighted by molar-refractivity contribution is -0.148. The Kier molecular flexibility index (Phi) is 3.93. The van der Waals surface area contributed by atoms with Crippen molar-refractivity contribution in [2.75, 3.05) is 12.3 Å². The Morgan fingerprint density at radius 1 is 1.29 bits per heavy atom. The zero-order chi connectivity index (χ0) is 14.9. The average molecular weight is 305 g/mol. The summed E-state index contributed by atoms with van der Waals surface area (Å²) in [7, 11) is 0. The van der Waals surface area contributed by atoms with Crippen LogP contribution in [-0.2, 0) is 9.59 Å². The van der Waals surface area contributed by atoms with Crippen molar-refractivity contribution >= 4 is 23.6 Å². The van der Waals surface area contributed by atoms with Gasteiger partial charge in [-0.3, -0.25) is 9.59 Å². The first-order valence-corrected chi connectivity index (χ1v) is 8.34. The Morgan fingerprint density at radius 2 is 2.00 bits per heavy atom. The molecule has 1 aromatic carbocycles. The molecular weight excluding hydrogens is 286 g/mol. The van der Waals surface area contributed by atoms with E-state index in [0.29, 0.717) is 12.8 Å². The summed E-state index contributed by atoms with van der Waals surface area (Å²) in [5, 5.41) is 12.3. The molecule has 1 saturated carbocycles. The maximum absolute atomic E-state index is 12.4. The predicted octanol–water partition coefficient (Wildman–Crippen LogP) is 2.64. The number of carboxylic acids is 1. The van der Waals surface area contributed by atoms with Gasteiger partial charge in [0.15, 0.2) is 0 Å². The van der Waals surface area contributed by atoms with Gasteiger partial charge in [0.25, 0.3) is 0 Å². The minimum absolute atomic E-state index is 0.0417. The molecule has 1 heterocycles. The highest BCUT2D eigenvalue weighted by molar-refractivity contribution is 7.99. The summed E-state index contributed by atoms with van der Waals surface area (Å²) in [5.74, 6) is -0.231. The third-order valence-corrected chi connectivity index (χ3v) is 5.81. The SMILES string of the molecule is O=C(NCC1(C(=O)O)CCCC1)C1CSc2ccccc21. The Morgan fingerprint density at radius 3 is 2.71 bits per heavy atom. The van der Waals surface area contributed by atoms with Gasteiger partial charge in [0.1, 0.15) is 0 Å². The van der Waals surface area contributed by atoms with Gasteiger partial charge >= 0.3 is 5.97 Å². The Labute approximate surface area is 128 Å². The number of carbonyl (C=O) groups excluding carboxylic acids is 1. The second kappa shape index (κ2) is 5.72. The molecular formula is C16H19NO3S. The molecule has 1 aromatic rings. The normalized spacial score (nSPS) is 22.8. The lowest BCUT2D eigenvalue weighted by Gasteiger charge is -2.25. The van der Waals surface area contributed by atoms with Crippen molar-refractivity contribution in [1.82, 2.24) is 5.32 Å². The molecule has 4 nitrogen and oxygen atoms in total. The number of benzene rings is 1. The predicted molar refractivity (Wildman–Crippen MR) is 81.5 cm³/mol. The fourth-order valence-electron chi connectivity index (χ4n) is 3.28. The van der Waals surface area contributed by atoms with Crippen LogP contribution in [0.5, 0.6) is 0 Å². The number of hydrogen-bond acceptors (Lipinski definition) is 3. The van der Waals surface area contributed by atoms with Gasteiger partial charge in [0.05, 0.1) is 11.3 Å². The first kappa shape index (κ1) is 14.4. The van der Waals surface area contributed by atoms with Crippen molar-refractivity contribution in [2.45, 2.75) is 36.5 Å². The van der Waals surface area contributed by atoms with Gasteiger partial charge in [-0.15, -0.1) is 11.8 Å². The van der Waals surface area contributed by atoms with E-state index in [0.717, 1.165) is 29.1 Å². The van der Waals surface area contributed by atoms with Crippen molar-refractivity contribution in [1.29, 1.82) is 0 Å². The van der Waals surface area contributed by atoms with Crippen LogP contribution in [0.15, 0.2) is 29.2 Å². The molecule has 3 rings (SSSR count). The van der Waals surface area contributed by atoms with Crippen LogP contribution >= 0.6 is 11.8 Å². The maximum Gasteiger partial charge on any atom is 0.311 e. The molecule has 1 atom stereocenters. The standard InChI is InChI=1S/C16H19NO3S/c18-14(12-9-21-13-6-2-1-5-11(12)13)17-10-16(15(19)20)7-3-4-8-16/h1-2,5-6,12H,3-4,7-10H2,(H,17,18)(H,19,20). The number of thioether (sulfide) groups is 1. The molecule has 0 bridgehead atoms. The average Bonchev–Trinajstić information content (AvgIpc) is 3.12. The van der Waals surface area contributed by atoms with E-state index in [1.54, 1.807) is 11.8 Å². The van der Waals surface area contributed by atoms with E-state index in [2.05, 4.69) is 5.32 Å². The fourth-order valence-corrected chi connectivity index (χ4v) is 4.51. The van der Waals surface area contributed by atoms with Crippen molar-refractivity contribution in [2.24, 2.45) is 5.41 Å². The summed E-state index contributed by atoms with van der Waals surface area (Å²) >= 11 is 1.69. The fraction of sp³-hybridized carbons (Fsp3) is 0.500. The molecule has 0 spiro atoms. The number of amides is 1. The van der Waals surface area contributed by atoms with Gasteiger partial charge in [0.2, 0.25) is 5.91 Å². The molecule has 2 N–H and O–H groups in total. The molecule has 0 saturated heterocycles. The second-order valence-electron chi connectivity index (χ2n) is 5.91.